The van der Waals surface area contributed by atoms with Crippen LogP contribution >= 0.6 is 0 Å². The van der Waals surface area contributed by atoms with E-state index in [1.165, 1.54) is 22.5 Å². The van der Waals surface area contributed by atoms with E-state index in [2.05, 4.69) is 4.90 Å². The fraction of sp³-hybridized carbons (Fsp3) is 0.400. The van der Waals surface area contributed by atoms with E-state index in [1.54, 1.807) is 13.0 Å². The molecule has 2 aliphatic heterocycles. The van der Waals surface area contributed by atoms with Crippen LogP contribution in [0.3, 0.4) is 0 Å². The third-order valence-electron chi connectivity index (χ3n) is 8.47. The minimum atomic E-state index is -4.80. The second kappa shape index (κ2) is 10.9. The van der Waals surface area contributed by atoms with Crippen molar-refractivity contribution in [1.82, 2.24) is 9.21 Å². The lowest BCUT2D eigenvalue weighted by Crippen LogP contribution is -2.67. The van der Waals surface area contributed by atoms with Crippen molar-refractivity contribution in [2.75, 3.05) is 26.2 Å². The second-order valence-corrected chi connectivity index (χ2v) is 12.5. The molecule has 5 rings (SSSR count). The number of halogens is 4. The Labute approximate surface area is 232 Å². The van der Waals surface area contributed by atoms with Crippen molar-refractivity contribution < 1.29 is 31.1 Å². The van der Waals surface area contributed by atoms with E-state index in [0.29, 0.717) is 24.9 Å². The molecular weight excluding hydrogens is 544 g/mol. The lowest BCUT2D eigenvalue weighted by Gasteiger charge is -2.57. The summed E-state index contributed by atoms with van der Waals surface area (Å²) < 4.78 is 83.5. The number of nitrogens with zero attached hydrogens (tertiary/aromatic N) is 2. The normalized spacial score (nSPS) is 22.7. The Morgan fingerprint density at radius 2 is 1.60 bits per heavy atom. The molecule has 10 heteroatoms. The van der Waals surface area contributed by atoms with E-state index >= 15 is 0 Å². The SMILES string of the molecule is Cc1c(F)ccc(-c2ccc([C@H]3C4CN(S(=O)(=O)c5ccccc5C(F)(F)F)CCCCN4[C@@H]3CO)cc2)c1C. The van der Waals surface area contributed by atoms with Crippen LogP contribution in [0.4, 0.5) is 17.6 Å². The van der Waals surface area contributed by atoms with Gasteiger partial charge in [-0.1, -0.05) is 42.5 Å². The van der Waals surface area contributed by atoms with Crippen LogP contribution in [0.2, 0.25) is 0 Å². The maximum absolute atomic E-state index is 14.0. The number of hydrogen-bond acceptors (Lipinski definition) is 4. The summed E-state index contributed by atoms with van der Waals surface area (Å²) in [4.78, 5) is 1.34. The van der Waals surface area contributed by atoms with Gasteiger partial charge in [-0.25, -0.2) is 12.8 Å². The molecule has 40 heavy (non-hydrogen) atoms. The van der Waals surface area contributed by atoms with Gasteiger partial charge < -0.3 is 5.11 Å². The maximum atomic E-state index is 14.0. The highest BCUT2D eigenvalue weighted by molar-refractivity contribution is 7.89. The average molecular weight is 577 g/mol. The van der Waals surface area contributed by atoms with Crippen molar-refractivity contribution in [3.05, 3.63) is 88.7 Å². The number of aliphatic hydroxyl groups is 1. The number of fused-ring (bicyclic) bond motifs is 1. The monoisotopic (exact) mass is 576 g/mol. The number of sulfonamides is 1. The van der Waals surface area contributed by atoms with Crippen molar-refractivity contribution >= 4 is 10.0 Å². The standard InChI is InChI=1S/C30H32F4N2O3S/c1-19-20(2)25(31)14-13-23(19)21-9-11-22(12-10-21)29-26-17-35(15-5-6-16-36(26)27(29)18-37)40(38,39)28-8-4-3-7-24(28)30(32,33)34/h3-4,7-14,26-27,29,37H,5-6,15-18H2,1-2H3/t26?,27-,29+/m1/s1. The van der Waals surface area contributed by atoms with E-state index in [1.807, 2.05) is 31.2 Å². The molecular formula is C30H32F4N2O3S. The lowest BCUT2D eigenvalue weighted by molar-refractivity contribution is -0.139. The summed E-state index contributed by atoms with van der Waals surface area (Å²) in [6, 6.07) is 14.7. The molecule has 0 radical (unpaired) electrons. The highest BCUT2D eigenvalue weighted by Crippen LogP contribution is 2.44. The van der Waals surface area contributed by atoms with E-state index in [0.717, 1.165) is 34.4 Å². The van der Waals surface area contributed by atoms with Gasteiger partial charge in [0.15, 0.2) is 0 Å². The predicted octanol–water partition coefficient (Wildman–Crippen LogP) is 5.74. The number of aliphatic hydroxyl groups excluding tert-OH is 1. The Hall–Kier alpha value is -2.79. The molecule has 0 aliphatic carbocycles. The summed E-state index contributed by atoms with van der Waals surface area (Å²) in [7, 11) is -4.43. The number of rotatable bonds is 5. The van der Waals surface area contributed by atoms with Gasteiger partial charge in [0, 0.05) is 31.1 Å². The Morgan fingerprint density at radius 3 is 2.27 bits per heavy atom. The van der Waals surface area contributed by atoms with E-state index in [4.69, 9.17) is 0 Å². The first-order valence-electron chi connectivity index (χ1n) is 13.3. The molecule has 3 atom stereocenters. The third kappa shape index (κ3) is 5.06. The van der Waals surface area contributed by atoms with Crippen LogP contribution in [0.25, 0.3) is 11.1 Å². The minimum absolute atomic E-state index is 0.0215. The van der Waals surface area contributed by atoms with Gasteiger partial charge in [0.2, 0.25) is 10.0 Å². The highest BCUT2D eigenvalue weighted by Gasteiger charge is 2.50. The Kier molecular flexibility index (Phi) is 7.82. The fourth-order valence-corrected chi connectivity index (χ4v) is 7.89. The topological polar surface area (TPSA) is 60.9 Å². The Morgan fingerprint density at radius 1 is 0.925 bits per heavy atom. The molecule has 0 amide bonds. The summed E-state index contributed by atoms with van der Waals surface area (Å²) in [5, 5.41) is 10.2. The molecule has 3 aromatic carbocycles. The van der Waals surface area contributed by atoms with Crippen molar-refractivity contribution in [3.8, 4) is 11.1 Å². The van der Waals surface area contributed by atoms with Crippen molar-refractivity contribution in [3.63, 3.8) is 0 Å². The molecule has 0 aromatic heterocycles. The van der Waals surface area contributed by atoms with Crippen LogP contribution in [0.1, 0.15) is 41.0 Å². The molecule has 0 saturated carbocycles. The first kappa shape index (κ1) is 28.7. The molecule has 2 saturated heterocycles. The smallest absolute Gasteiger partial charge is 0.395 e. The quantitative estimate of drug-likeness (QED) is 0.394. The summed E-state index contributed by atoms with van der Waals surface area (Å²) >= 11 is 0. The Bertz CT molecular complexity index is 1490. The van der Waals surface area contributed by atoms with Crippen molar-refractivity contribution in [2.45, 2.75) is 55.8 Å². The van der Waals surface area contributed by atoms with E-state index < -0.39 is 26.7 Å². The van der Waals surface area contributed by atoms with Gasteiger partial charge in [0.05, 0.1) is 17.1 Å². The molecule has 1 N–H and O–H groups in total. The fourth-order valence-electron chi connectivity index (χ4n) is 6.18. The lowest BCUT2D eigenvalue weighted by atomic mass is 9.74. The molecule has 2 heterocycles. The van der Waals surface area contributed by atoms with Crippen LogP contribution in [0.5, 0.6) is 0 Å². The molecule has 2 fully saturated rings. The Balaban J connectivity index is 1.46. The second-order valence-electron chi connectivity index (χ2n) is 10.6. The van der Waals surface area contributed by atoms with E-state index in [-0.39, 0.29) is 43.5 Å². The highest BCUT2D eigenvalue weighted by atomic mass is 32.2. The molecule has 2 aliphatic rings. The molecule has 214 valence electrons. The first-order chi connectivity index (χ1) is 18.9. The van der Waals surface area contributed by atoms with E-state index in [9.17, 15) is 31.1 Å². The van der Waals surface area contributed by atoms with Crippen molar-refractivity contribution in [2.24, 2.45) is 0 Å². The maximum Gasteiger partial charge on any atom is 0.417 e. The predicted molar refractivity (Wildman–Crippen MR) is 145 cm³/mol. The van der Waals surface area contributed by atoms with Crippen LogP contribution in [-0.4, -0.2) is 61.1 Å². The van der Waals surface area contributed by atoms with Gasteiger partial charge in [0.1, 0.15) is 5.82 Å². The first-order valence-corrected chi connectivity index (χ1v) is 14.8. The van der Waals surface area contributed by atoms with Gasteiger partial charge >= 0.3 is 6.18 Å². The summed E-state index contributed by atoms with van der Waals surface area (Å²) in [6.45, 7) is 4.30. The van der Waals surface area contributed by atoms with Crippen LogP contribution in [-0.2, 0) is 16.2 Å². The molecule has 0 bridgehead atoms. The number of hydrogen-bond donors (Lipinski definition) is 1. The summed E-state index contributed by atoms with van der Waals surface area (Å²) in [5.74, 6) is -0.469. The largest absolute Gasteiger partial charge is 0.417 e. The number of benzene rings is 3. The average Bonchev–Trinajstić information content (AvgIpc) is 2.91. The molecule has 5 nitrogen and oxygen atoms in total. The molecule has 3 aromatic rings. The minimum Gasteiger partial charge on any atom is -0.395 e. The van der Waals surface area contributed by atoms with Crippen LogP contribution in [0.15, 0.2) is 65.6 Å². The van der Waals surface area contributed by atoms with Crippen molar-refractivity contribution in [1.29, 1.82) is 0 Å². The molecule has 1 unspecified atom stereocenters. The zero-order chi connectivity index (χ0) is 28.8. The summed E-state index contributed by atoms with van der Waals surface area (Å²) in [6.07, 6.45) is -3.64. The van der Waals surface area contributed by atoms with Gasteiger partial charge in [0.25, 0.3) is 0 Å². The zero-order valence-corrected chi connectivity index (χ0v) is 23.1. The third-order valence-corrected chi connectivity index (χ3v) is 10.4. The van der Waals surface area contributed by atoms with Gasteiger partial charge in [-0.2, -0.15) is 17.5 Å². The zero-order valence-electron chi connectivity index (χ0n) is 22.3. The van der Waals surface area contributed by atoms with Crippen LogP contribution in [0, 0.1) is 19.7 Å². The summed E-state index contributed by atoms with van der Waals surface area (Å²) in [5.41, 5.74) is 2.98. The number of alkyl halides is 3. The molecule has 0 spiro atoms. The van der Waals surface area contributed by atoms with Gasteiger partial charge in [-0.15, -0.1) is 0 Å². The van der Waals surface area contributed by atoms with Crippen LogP contribution < -0.4 is 0 Å². The van der Waals surface area contributed by atoms with Gasteiger partial charge in [-0.05, 0) is 79.3 Å². The van der Waals surface area contributed by atoms with Gasteiger partial charge in [-0.3, -0.25) is 4.90 Å².